The van der Waals surface area contributed by atoms with E-state index in [4.69, 9.17) is 4.74 Å². The summed E-state index contributed by atoms with van der Waals surface area (Å²) in [6.07, 6.45) is 0. The van der Waals surface area contributed by atoms with E-state index in [2.05, 4.69) is 37.2 Å². The molecule has 2 nitrogen and oxygen atoms in total. The van der Waals surface area contributed by atoms with E-state index >= 15 is 0 Å². The van der Waals surface area contributed by atoms with Gasteiger partial charge in [-0.3, -0.25) is 0 Å². The van der Waals surface area contributed by atoms with E-state index in [9.17, 15) is 4.39 Å². The van der Waals surface area contributed by atoms with Crippen LogP contribution in [-0.2, 0) is 6.54 Å². The fraction of sp³-hybridized carbons (Fsp3) is 0.143. The maximum absolute atomic E-state index is 13.1. The molecule has 0 fully saturated rings. The highest BCUT2D eigenvalue weighted by atomic mass is 79.9. The Balaban J connectivity index is 2.20. The molecule has 0 heterocycles. The normalized spacial score (nSPS) is 10.5. The van der Waals surface area contributed by atoms with Gasteiger partial charge in [0, 0.05) is 6.54 Å². The van der Waals surface area contributed by atoms with Crippen molar-refractivity contribution in [2.75, 3.05) is 7.05 Å². The summed E-state index contributed by atoms with van der Waals surface area (Å²) in [5, 5.41) is 3.08. The fourth-order valence-corrected chi connectivity index (χ4v) is 2.47. The van der Waals surface area contributed by atoms with E-state index in [1.165, 1.54) is 6.07 Å². The highest BCUT2D eigenvalue weighted by Gasteiger charge is 2.06. The third kappa shape index (κ3) is 3.78. The number of hydrogen-bond acceptors (Lipinski definition) is 2. The number of hydrogen-bond donors (Lipinski definition) is 1. The molecule has 5 heteroatoms. The smallest absolute Gasteiger partial charge is 0.141 e. The quantitative estimate of drug-likeness (QED) is 0.807. The molecular weight excluding hydrogens is 377 g/mol. The molecule has 0 saturated heterocycles. The van der Waals surface area contributed by atoms with Crippen molar-refractivity contribution in [2.24, 2.45) is 0 Å². The zero-order valence-electron chi connectivity index (χ0n) is 10.2. The van der Waals surface area contributed by atoms with Crippen LogP contribution >= 0.6 is 31.9 Å². The van der Waals surface area contributed by atoms with Gasteiger partial charge in [-0.05, 0) is 74.8 Å². The third-order valence-corrected chi connectivity index (χ3v) is 3.72. The number of nitrogens with one attached hydrogen (secondary N) is 1. The number of ether oxygens (including phenoxy) is 1. The fourth-order valence-electron chi connectivity index (χ4n) is 1.61. The molecule has 2 rings (SSSR count). The summed E-state index contributed by atoms with van der Waals surface area (Å²) in [5.74, 6) is 0.962. The van der Waals surface area contributed by atoms with Crippen molar-refractivity contribution in [1.29, 1.82) is 0 Å². The van der Waals surface area contributed by atoms with Crippen LogP contribution in [0.25, 0.3) is 0 Å². The Hall–Kier alpha value is -0.910. The van der Waals surface area contributed by atoms with E-state index < -0.39 is 0 Å². The van der Waals surface area contributed by atoms with Crippen LogP contribution < -0.4 is 10.1 Å². The van der Waals surface area contributed by atoms with E-state index in [-0.39, 0.29) is 5.82 Å². The molecule has 100 valence electrons. The van der Waals surface area contributed by atoms with Gasteiger partial charge in [-0.1, -0.05) is 6.07 Å². The first kappa shape index (κ1) is 14.5. The minimum absolute atomic E-state index is 0.309. The Kier molecular flexibility index (Phi) is 4.96. The maximum atomic E-state index is 13.1. The van der Waals surface area contributed by atoms with Gasteiger partial charge in [0.2, 0.25) is 0 Å². The average Bonchev–Trinajstić information content (AvgIpc) is 2.37. The van der Waals surface area contributed by atoms with E-state index in [0.717, 1.165) is 16.6 Å². The molecule has 0 saturated carbocycles. The molecule has 0 unspecified atom stereocenters. The van der Waals surface area contributed by atoms with Gasteiger partial charge in [-0.25, -0.2) is 4.39 Å². The molecule has 0 atom stereocenters. The Morgan fingerprint density at radius 2 is 1.89 bits per heavy atom. The van der Waals surface area contributed by atoms with Crippen LogP contribution in [0, 0.1) is 5.82 Å². The van der Waals surface area contributed by atoms with Crippen molar-refractivity contribution in [3.05, 3.63) is 56.7 Å². The molecule has 2 aromatic carbocycles. The van der Waals surface area contributed by atoms with Crippen molar-refractivity contribution < 1.29 is 9.13 Å². The van der Waals surface area contributed by atoms with E-state index in [0.29, 0.717) is 16.0 Å². The van der Waals surface area contributed by atoms with Crippen molar-refractivity contribution >= 4 is 31.9 Å². The first-order valence-corrected chi connectivity index (χ1v) is 7.24. The summed E-state index contributed by atoms with van der Waals surface area (Å²) in [5.41, 5.74) is 1.15. The summed E-state index contributed by atoms with van der Waals surface area (Å²) in [7, 11) is 1.90. The predicted molar refractivity (Wildman–Crippen MR) is 81.1 cm³/mol. The molecule has 0 aliphatic carbocycles. The summed E-state index contributed by atoms with van der Waals surface area (Å²) in [4.78, 5) is 0. The lowest BCUT2D eigenvalue weighted by Gasteiger charge is -2.10. The Morgan fingerprint density at radius 1 is 1.11 bits per heavy atom. The van der Waals surface area contributed by atoms with Crippen molar-refractivity contribution in [3.63, 3.8) is 0 Å². The van der Waals surface area contributed by atoms with Crippen LogP contribution in [0.15, 0.2) is 45.3 Å². The topological polar surface area (TPSA) is 21.3 Å². The summed E-state index contributed by atoms with van der Waals surface area (Å²) >= 11 is 6.60. The SMILES string of the molecule is CNCc1ccc(Oc2ccc(F)c(Br)c2)c(Br)c1. The van der Waals surface area contributed by atoms with Crippen LogP contribution in [0.1, 0.15) is 5.56 Å². The van der Waals surface area contributed by atoms with Gasteiger partial charge >= 0.3 is 0 Å². The number of halogens is 3. The first-order chi connectivity index (χ1) is 9.10. The van der Waals surface area contributed by atoms with E-state index in [1.54, 1.807) is 12.1 Å². The molecule has 19 heavy (non-hydrogen) atoms. The van der Waals surface area contributed by atoms with Crippen LogP contribution in [0.4, 0.5) is 4.39 Å². The lowest BCUT2D eigenvalue weighted by molar-refractivity contribution is 0.476. The largest absolute Gasteiger partial charge is 0.456 e. The Bertz CT molecular complexity index is 590. The molecule has 0 aromatic heterocycles. The number of rotatable bonds is 4. The van der Waals surface area contributed by atoms with Crippen molar-refractivity contribution in [3.8, 4) is 11.5 Å². The lowest BCUT2D eigenvalue weighted by Crippen LogP contribution is -2.04. The van der Waals surface area contributed by atoms with Crippen LogP contribution in [0.2, 0.25) is 0 Å². The zero-order chi connectivity index (χ0) is 13.8. The van der Waals surface area contributed by atoms with Gasteiger partial charge in [0.1, 0.15) is 17.3 Å². The highest BCUT2D eigenvalue weighted by molar-refractivity contribution is 9.10. The number of benzene rings is 2. The van der Waals surface area contributed by atoms with Crippen molar-refractivity contribution in [1.82, 2.24) is 5.32 Å². The third-order valence-electron chi connectivity index (χ3n) is 2.50. The second-order valence-corrected chi connectivity index (χ2v) is 5.68. The minimum Gasteiger partial charge on any atom is -0.456 e. The van der Waals surface area contributed by atoms with Gasteiger partial charge in [0.05, 0.1) is 8.95 Å². The molecule has 0 bridgehead atoms. The summed E-state index contributed by atoms with van der Waals surface area (Å²) in [6, 6.07) is 10.4. The van der Waals surface area contributed by atoms with Gasteiger partial charge < -0.3 is 10.1 Å². The lowest BCUT2D eigenvalue weighted by atomic mass is 10.2. The van der Waals surface area contributed by atoms with Gasteiger partial charge in [0.25, 0.3) is 0 Å². The van der Waals surface area contributed by atoms with Crippen LogP contribution in [-0.4, -0.2) is 7.05 Å². The maximum Gasteiger partial charge on any atom is 0.141 e. The first-order valence-electron chi connectivity index (χ1n) is 5.66. The van der Waals surface area contributed by atoms with Gasteiger partial charge in [-0.2, -0.15) is 0 Å². The second kappa shape index (κ2) is 6.50. The Morgan fingerprint density at radius 3 is 2.53 bits per heavy atom. The Labute approximate surface area is 128 Å². The zero-order valence-corrected chi connectivity index (χ0v) is 13.4. The average molecular weight is 389 g/mol. The molecule has 0 spiro atoms. The van der Waals surface area contributed by atoms with Crippen molar-refractivity contribution in [2.45, 2.75) is 6.54 Å². The van der Waals surface area contributed by atoms with Crippen LogP contribution in [0.3, 0.4) is 0 Å². The molecule has 0 aliphatic rings. The molecular formula is C14H12Br2FNO. The predicted octanol–water partition coefficient (Wildman–Crippen LogP) is 4.86. The monoisotopic (exact) mass is 387 g/mol. The summed E-state index contributed by atoms with van der Waals surface area (Å²) in [6.45, 7) is 0.793. The molecule has 0 aliphatic heterocycles. The molecule has 0 amide bonds. The van der Waals surface area contributed by atoms with E-state index in [1.807, 2.05) is 25.2 Å². The minimum atomic E-state index is -0.309. The second-order valence-electron chi connectivity index (χ2n) is 3.97. The molecule has 2 aromatic rings. The standard InChI is InChI=1S/C14H12Br2FNO/c1-18-8-9-2-5-14(12(16)6-9)19-10-3-4-13(17)11(15)7-10/h2-7,18H,8H2,1H3. The van der Waals surface area contributed by atoms with Gasteiger partial charge in [-0.15, -0.1) is 0 Å². The summed E-state index contributed by atoms with van der Waals surface area (Å²) < 4.78 is 20.1. The molecule has 0 radical (unpaired) electrons. The van der Waals surface area contributed by atoms with Gasteiger partial charge in [0.15, 0.2) is 0 Å². The highest BCUT2D eigenvalue weighted by Crippen LogP contribution is 2.32. The van der Waals surface area contributed by atoms with Crippen LogP contribution in [0.5, 0.6) is 11.5 Å². The molecule has 1 N–H and O–H groups in total.